The van der Waals surface area contributed by atoms with Crippen molar-refractivity contribution in [3.8, 4) is 0 Å². The van der Waals surface area contributed by atoms with Crippen LogP contribution in [-0.4, -0.2) is 32.5 Å². The third kappa shape index (κ3) is 4.92. The summed E-state index contributed by atoms with van der Waals surface area (Å²) < 4.78 is 26.5. The quantitative estimate of drug-likeness (QED) is 0.589. The molecule has 3 N–H and O–H groups in total. The molecule has 1 aromatic carbocycles. The van der Waals surface area contributed by atoms with E-state index < -0.39 is 15.9 Å². The maximum Gasteiger partial charge on any atom is 0.278 e. The molecule has 0 bridgehead atoms. The number of sulfonamides is 1. The van der Waals surface area contributed by atoms with Gasteiger partial charge in [-0.25, -0.2) is 23.6 Å². The van der Waals surface area contributed by atoms with E-state index in [9.17, 15) is 13.2 Å². The zero-order chi connectivity index (χ0) is 19.2. The van der Waals surface area contributed by atoms with E-state index in [-0.39, 0.29) is 27.8 Å². The summed E-state index contributed by atoms with van der Waals surface area (Å²) in [7, 11) is -3.67. The van der Waals surface area contributed by atoms with Crippen molar-refractivity contribution in [2.45, 2.75) is 18.7 Å². The molecule has 1 aromatic heterocycles. The summed E-state index contributed by atoms with van der Waals surface area (Å²) in [6.45, 7) is 4.00. The topological polar surface area (TPSA) is 109 Å². The van der Waals surface area contributed by atoms with Crippen molar-refractivity contribution in [2.75, 3.05) is 18.5 Å². The van der Waals surface area contributed by atoms with Gasteiger partial charge in [0.25, 0.3) is 5.91 Å². The van der Waals surface area contributed by atoms with Gasteiger partial charge >= 0.3 is 0 Å². The van der Waals surface area contributed by atoms with Crippen LogP contribution in [0.15, 0.2) is 41.4 Å². The van der Waals surface area contributed by atoms with Crippen LogP contribution < -0.4 is 15.5 Å². The van der Waals surface area contributed by atoms with E-state index in [0.29, 0.717) is 12.3 Å². The standard InChI is InChI=1S/C16H19ClN4O4S/c1-3-19-26(23,24)14-8-7-11(10-13(14)17)20-15-12(6-5-9-18-15)16(22)21-25-4-2/h5-10,19H,3-4H2,1-2H3,(H,18,20)(H,21,22). The van der Waals surface area contributed by atoms with E-state index in [4.69, 9.17) is 16.4 Å². The molecule has 140 valence electrons. The summed E-state index contributed by atoms with van der Waals surface area (Å²) in [5, 5.41) is 3.00. The van der Waals surface area contributed by atoms with Gasteiger partial charge in [-0.1, -0.05) is 18.5 Å². The van der Waals surface area contributed by atoms with E-state index in [0.717, 1.165) is 0 Å². The normalized spacial score (nSPS) is 11.2. The van der Waals surface area contributed by atoms with E-state index >= 15 is 0 Å². The lowest BCUT2D eigenvalue weighted by Crippen LogP contribution is -2.24. The molecule has 0 aliphatic rings. The second-order valence-corrected chi connectivity index (χ2v) is 7.18. The van der Waals surface area contributed by atoms with Crippen LogP contribution in [-0.2, 0) is 14.9 Å². The maximum absolute atomic E-state index is 12.1. The lowest BCUT2D eigenvalue weighted by molar-refractivity contribution is 0.0365. The molecule has 0 radical (unpaired) electrons. The molecule has 0 fully saturated rings. The Bertz CT molecular complexity index is 890. The molecule has 26 heavy (non-hydrogen) atoms. The third-order valence-electron chi connectivity index (χ3n) is 3.18. The number of anilines is 2. The second kappa shape index (κ2) is 8.95. The number of halogens is 1. The summed E-state index contributed by atoms with van der Waals surface area (Å²) in [6, 6.07) is 7.56. The number of benzene rings is 1. The Hall–Kier alpha value is -2.20. The molecule has 2 aromatic rings. The molecule has 0 spiro atoms. The van der Waals surface area contributed by atoms with Gasteiger partial charge in [0.2, 0.25) is 10.0 Å². The zero-order valence-corrected chi connectivity index (χ0v) is 15.8. The molecule has 10 heteroatoms. The number of nitrogens with zero attached hydrogens (tertiary/aromatic N) is 1. The molecule has 1 heterocycles. The van der Waals surface area contributed by atoms with Gasteiger partial charge < -0.3 is 5.32 Å². The predicted molar refractivity (Wildman–Crippen MR) is 98.9 cm³/mol. The molecule has 2 rings (SSSR count). The van der Waals surface area contributed by atoms with Gasteiger partial charge in [-0.2, -0.15) is 0 Å². The fraction of sp³-hybridized carbons (Fsp3) is 0.250. The molecular formula is C16H19ClN4O4S. The SMILES string of the molecule is CCNS(=O)(=O)c1ccc(Nc2ncccc2C(=O)NOCC)cc1Cl. The number of rotatable bonds is 8. The smallest absolute Gasteiger partial charge is 0.278 e. The molecule has 0 aliphatic carbocycles. The average Bonchev–Trinajstić information content (AvgIpc) is 2.60. The van der Waals surface area contributed by atoms with Gasteiger partial charge in [0.15, 0.2) is 0 Å². The summed E-state index contributed by atoms with van der Waals surface area (Å²) in [5.41, 5.74) is 3.04. The fourth-order valence-electron chi connectivity index (χ4n) is 2.08. The number of carbonyl (C=O) groups is 1. The van der Waals surface area contributed by atoms with E-state index in [2.05, 4.69) is 20.5 Å². The van der Waals surface area contributed by atoms with Gasteiger partial charge in [0.1, 0.15) is 10.7 Å². The van der Waals surface area contributed by atoms with Crippen LogP contribution in [0.25, 0.3) is 0 Å². The molecule has 0 unspecified atom stereocenters. The van der Waals surface area contributed by atoms with Crippen molar-refractivity contribution >= 4 is 39.0 Å². The van der Waals surface area contributed by atoms with Crippen molar-refractivity contribution in [1.29, 1.82) is 0 Å². The largest absolute Gasteiger partial charge is 0.340 e. The van der Waals surface area contributed by atoms with Crippen LogP contribution in [0, 0.1) is 0 Å². The minimum atomic E-state index is -3.67. The van der Waals surface area contributed by atoms with Crippen LogP contribution in [0.3, 0.4) is 0 Å². The van der Waals surface area contributed by atoms with Gasteiger partial charge in [-0.3, -0.25) is 9.63 Å². The Labute approximate surface area is 156 Å². The first-order chi connectivity index (χ1) is 12.4. The van der Waals surface area contributed by atoms with Crippen LogP contribution in [0.1, 0.15) is 24.2 Å². The Morgan fingerprint density at radius 1 is 1.27 bits per heavy atom. The second-order valence-electron chi connectivity index (χ2n) is 5.04. The van der Waals surface area contributed by atoms with E-state index in [1.165, 1.54) is 24.4 Å². The molecule has 0 saturated carbocycles. The van der Waals surface area contributed by atoms with Gasteiger partial charge in [0, 0.05) is 18.4 Å². The Kier molecular flexibility index (Phi) is 6.92. The van der Waals surface area contributed by atoms with Crippen LogP contribution in [0.4, 0.5) is 11.5 Å². The average molecular weight is 399 g/mol. The first-order valence-corrected chi connectivity index (χ1v) is 9.68. The first kappa shape index (κ1) is 20.1. The van der Waals surface area contributed by atoms with Crippen molar-refractivity contribution in [3.05, 3.63) is 47.1 Å². The molecule has 0 atom stereocenters. The summed E-state index contributed by atoms with van der Waals surface area (Å²) in [5.74, 6) is -0.178. The highest BCUT2D eigenvalue weighted by Gasteiger charge is 2.18. The van der Waals surface area contributed by atoms with Gasteiger partial charge in [-0.15, -0.1) is 0 Å². The number of hydroxylamine groups is 1. The number of nitrogens with one attached hydrogen (secondary N) is 3. The van der Waals surface area contributed by atoms with Crippen molar-refractivity contribution in [2.24, 2.45) is 0 Å². The number of hydrogen-bond donors (Lipinski definition) is 3. The molecule has 0 aliphatic heterocycles. The zero-order valence-electron chi connectivity index (χ0n) is 14.2. The highest BCUT2D eigenvalue weighted by molar-refractivity contribution is 7.89. The van der Waals surface area contributed by atoms with E-state index in [1.807, 2.05) is 0 Å². The summed E-state index contributed by atoms with van der Waals surface area (Å²) in [6.07, 6.45) is 1.52. The number of hydrogen-bond acceptors (Lipinski definition) is 6. The minimum Gasteiger partial charge on any atom is -0.340 e. The van der Waals surface area contributed by atoms with Crippen LogP contribution >= 0.6 is 11.6 Å². The number of aromatic nitrogens is 1. The summed E-state index contributed by atoms with van der Waals surface area (Å²) in [4.78, 5) is 21.1. The van der Waals surface area contributed by atoms with Crippen molar-refractivity contribution in [3.63, 3.8) is 0 Å². The Morgan fingerprint density at radius 2 is 2.04 bits per heavy atom. The van der Waals surface area contributed by atoms with Gasteiger partial charge in [-0.05, 0) is 37.3 Å². The van der Waals surface area contributed by atoms with E-state index in [1.54, 1.807) is 26.0 Å². The fourth-order valence-corrected chi connectivity index (χ4v) is 3.67. The number of amides is 1. The molecular weight excluding hydrogens is 380 g/mol. The molecule has 1 amide bonds. The Morgan fingerprint density at radius 3 is 2.69 bits per heavy atom. The summed E-state index contributed by atoms with van der Waals surface area (Å²) >= 11 is 6.11. The molecule has 8 nitrogen and oxygen atoms in total. The first-order valence-electron chi connectivity index (χ1n) is 7.82. The predicted octanol–water partition coefficient (Wildman–Crippen LogP) is 2.46. The highest BCUT2D eigenvalue weighted by Crippen LogP contribution is 2.27. The molecule has 0 saturated heterocycles. The van der Waals surface area contributed by atoms with Crippen molar-refractivity contribution < 1.29 is 18.0 Å². The van der Waals surface area contributed by atoms with Crippen molar-refractivity contribution in [1.82, 2.24) is 15.2 Å². The Balaban J connectivity index is 2.27. The number of carbonyl (C=O) groups excluding carboxylic acids is 1. The number of pyridine rings is 1. The third-order valence-corrected chi connectivity index (χ3v) is 5.21. The lowest BCUT2D eigenvalue weighted by Gasteiger charge is -2.12. The van der Waals surface area contributed by atoms with Crippen LogP contribution in [0.2, 0.25) is 5.02 Å². The minimum absolute atomic E-state index is 0.0260. The van der Waals surface area contributed by atoms with Crippen LogP contribution in [0.5, 0.6) is 0 Å². The lowest BCUT2D eigenvalue weighted by atomic mass is 10.2. The monoisotopic (exact) mass is 398 g/mol. The maximum atomic E-state index is 12.1. The highest BCUT2D eigenvalue weighted by atomic mass is 35.5. The van der Waals surface area contributed by atoms with Gasteiger partial charge in [0.05, 0.1) is 17.2 Å².